The molecule has 0 atom stereocenters. The normalized spacial score (nSPS) is 17.0. The summed E-state index contributed by atoms with van der Waals surface area (Å²) in [7, 11) is 1.80. The van der Waals surface area contributed by atoms with E-state index in [9.17, 15) is 4.79 Å². The van der Waals surface area contributed by atoms with Gasteiger partial charge in [0.1, 0.15) is 0 Å². The molecule has 0 bridgehead atoms. The summed E-state index contributed by atoms with van der Waals surface area (Å²) in [5, 5.41) is 4.36. The minimum absolute atomic E-state index is 0.0142. The average molecular weight is 326 g/mol. The summed E-state index contributed by atoms with van der Waals surface area (Å²) in [6, 6.07) is 10.2. The average Bonchev–Trinajstić information content (AvgIpc) is 2.85. The minimum atomic E-state index is -0.0142. The summed E-state index contributed by atoms with van der Waals surface area (Å²) in [5.74, 6) is 0.442. The largest absolute Gasteiger partial charge is 0.370 e. The van der Waals surface area contributed by atoms with Gasteiger partial charge >= 0.3 is 0 Å². The van der Waals surface area contributed by atoms with Crippen molar-refractivity contribution in [3.05, 3.63) is 46.2 Å². The number of nitrogens with one attached hydrogen (secondary N) is 1. The lowest BCUT2D eigenvalue weighted by Crippen LogP contribution is -2.40. The van der Waals surface area contributed by atoms with Crippen LogP contribution >= 0.6 is 0 Å². The lowest BCUT2D eigenvalue weighted by Gasteiger charge is -2.16. The smallest absolute Gasteiger partial charge is 0.255 e. The Morgan fingerprint density at radius 2 is 1.96 bits per heavy atom. The fourth-order valence-electron chi connectivity index (χ4n) is 3.45. The van der Waals surface area contributed by atoms with E-state index in [0.29, 0.717) is 24.1 Å². The maximum Gasteiger partial charge on any atom is 0.255 e. The zero-order valence-electron chi connectivity index (χ0n) is 14.3. The number of benzene rings is 1. The molecule has 1 saturated carbocycles. The number of fused-ring (bicyclic) bond motifs is 1. The van der Waals surface area contributed by atoms with Crippen molar-refractivity contribution in [3.8, 4) is 0 Å². The van der Waals surface area contributed by atoms with Crippen LogP contribution in [0.15, 0.2) is 40.1 Å². The molecule has 0 saturated heterocycles. The van der Waals surface area contributed by atoms with Gasteiger partial charge in [-0.25, -0.2) is 4.99 Å². The summed E-state index contributed by atoms with van der Waals surface area (Å²) >= 11 is 0. The zero-order valence-corrected chi connectivity index (χ0v) is 14.3. The number of aliphatic imine (C=N–C) groups is 1. The van der Waals surface area contributed by atoms with Crippen molar-refractivity contribution in [2.24, 2.45) is 17.8 Å². The topological polar surface area (TPSA) is 72.4 Å². The SMILES string of the molecule is Cn1c(=O)c(CN=C(N)NC2CCCCCC2)cc2ccccc21. The van der Waals surface area contributed by atoms with Gasteiger partial charge in [-0.05, 0) is 30.4 Å². The first-order valence-electron chi connectivity index (χ1n) is 8.79. The van der Waals surface area contributed by atoms with E-state index in [1.807, 2.05) is 30.3 Å². The van der Waals surface area contributed by atoms with Crippen LogP contribution in [0.5, 0.6) is 0 Å². The van der Waals surface area contributed by atoms with Gasteiger partial charge < -0.3 is 15.6 Å². The van der Waals surface area contributed by atoms with E-state index in [1.54, 1.807) is 11.6 Å². The summed E-state index contributed by atoms with van der Waals surface area (Å²) in [5.41, 5.74) is 7.62. The third-order valence-corrected chi connectivity index (χ3v) is 4.83. The Morgan fingerprint density at radius 3 is 2.71 bits per heavy atom. The molecule has 128 valence electrons. The van der Waals surface area contributed by atoms with Crippen molar-refractivity contribution < 1.29 is 0 Å². The van der Waals surface area contributed by atoms with E-state index in [-0.39, 0.29) is 5.56 Å². The lowest BCUT2D eigenvalue weighted by molar-refractivity contribution is 0.530. The van der Waals surface area contributed by atoms with Crippen molar-refractivity contribution in [2.45, 2.75) is 51.1 Å². The fraction of sp³-hybridized carbons (Fsp3) is 0.474. The van der Waals surface area contributed by atoms with Gasteiger partial charge in [0.05, 0.1) is 12.1 Å². The lowest BCUT2D eigenvalue weighted by atomic mass is 10.1. The standard InChI is InChI=1S/C19H26N4O/c1-23-17-11-7-6-8-14(17)12-15(18(23)24)13-21-19(20)22-16-9-4-2-3-5-10-16/h6-8,11-12,16H,2-5,9-10,13H2,1H3,(H3,20,21,22). The van der Waals surface area contributed by atoms with Crippen LogP contribution in [0.2, 0.25) is 0 Å². The first kappa shape index (κ1) is 16.6. The maximum absolute atomic E-state index is 12.5. The van der Waals surface area contributed by atoms with E-state index in [2.05, 4.69) is 10.3 Å². The van der Waals surface area contributed by atoms with Crippen LogP contribution in [0.4, 0.5) is 0 Å². The van der Waals surface area contributed by atoms with Crippen LogP contribution < -0.4 is 16.6 Å². The second-order valence-electron chi connectivity index (χ2n) is 6.63. The maximum atomic E-state index is 12.5. The van der Waals surface area contributed by atoms with Crippen LogP contribution in [-0.4, -0.2) is 16.6 Å². The molecular weight excluding hydrogens is 300 g/mol. The highest BCUT2D eigenvalue weighted by Gasteiger charge is 2.12. The number of nitrogens with two attached hydrogens (primary N) is 1. The molecule has 3 N–H and O–H groups in total. The Labute approximate surface area is 142 Å². The van der Waals surface area contributed by atoms with Crippen molar-refractivity contribution >= 4 is 16.9 Å². The summed E-state index contributed by atoms with van der Waals surface area (Å²) in [6.45, 7) is 0.309. The van der Waals surface area contributed by atoms with E-state index >= 15 is 0 Å². The molecule has 0 radical (unpaired) electrons. The minimum Gasteiger partial charge on any atom is -0.370 e. The fourth-order valence-corrected chi connectivity index (χ4v) is 3.45. The van der Waals surface area contributed by atoms with Crippen LogP contribution in [-0.2, 0) is 13.6 Å². The predicted octanol–water partition coefficient (Wildman–Crippen LogP) is 2.67. The third kappa shape index (κ3) is 3.78. The number of nitrogens with zero attached hydrogens (tertiary/aromatic N) is 2. The molecule has 24 heavy (non-hydrogen) atoms. The predicted molar refractivity (Wildman–Crippen MR) is 99.1 cm³/mol. The number of guanidine groups is 1. The van der Waals surface area contributed by atoms with Gasteiger partial charge in [0.15, 0.2) is 5.96 Å². The number of hydrogen-bond donors (Lipinski definition) is 2. The van der Waals surface area contributed by atoms with Crippen molar-refractivity contribution in [1.29, 1.82) is 0 Å². The Balaban J connectivity index is 1.74. The molecule has 5 nitrogen and oxygen atoms in total. The van der Waals surface area contributed by atoms with Gasteiger partial charge in [-0.2, -0.15) is 0 Å². The molecule has 1 aliphatic rings. The Morgan fingerprint density at radius 1 is 1.25 bits per heavy atom. The first-order chi connectivity index (χ1) is 11.6. The molecule has 0 aliphatic heterocycles. The second-order valence-corrected chi connectivity index (χ2v) is 6.63. The van der Waals surface area contributed by atoms with Gasteiger partial charge in [0.25, 0.3) is 5.56 Å². The van der Waals surface area contributed by atoms with Gasteiger partial charge in [0, 0.05) is 18.7 Å². The quantitative estimate of drug-likeness (QED) is 0.517. The van der Waals surface area contributed by atoms with Gasteiger partial charge in [-0.3, -0.25) is 4.79 Å². The number of aromatic nitrogens is 1. The molecular formula is C19H26N4O. The molecule has 1 fully saturated rings. The van der Waals surface area contributed by atoms with Crippen LogP contribution in [0, 0.1) is 0 Å². The molecule has 1 aromatic carbocycles. The Kier molecular flexibility index (Phi) is 5.18. The Bertz CT molecular complexity index is 786. The Hall–Kier alpha value is -2.30. The third-order valence-electron chi connectivity index (χ3n) is 4.83. The number of pyridine rings is 1. The second kappa shape index (κ2) is 7.51. The number of para-hydroxylation sites is 1. The van der Waals surface area contributed by atoms with Gasteiger partial charge in [0.2, 0.25) is 0 Å². The van der Waals surface area contributed by atoms with Crippen LogP contribution in [0.3, 0.4) is 0 Å². The molecule has 1 aliphatic carbocycles. The molecule has 3 rings (SSSR count). The molecule has 1 heterocycles. The summed E-state index contributed by atoms with van der Waals surface area (Å²) in [6.07, 6.45) is 7.40. The van der Waals surface area contributed by atoms with E-state index < -0.39 is 0 Å². The molecule has 2 aromatic rings. The zero-order chi connectivity index (χ0) is 16.9. The highest BCUT2D eigenvalue weighted by atomic mass is 16.1. The van der Waals surface area contributed by atoms with E-state index in [4.69, 9.17) is 5.73 Å². The van der Waals surface area contributed by atoms with E-state index in [1.165, 1.54) is 25.7 Å². The highest BCUT2D eigenvalue weighted by molar-refractivity contribution is 5.80. The number of aryl methyl sites for hydroxylation is 1. The van der Waals surface area contributed by atoms with Gasteiger partial charge in [-0.15, -0.1) is 0 Å². The van der Waals surface area contributed by atoms with Crippen LogP contribution in [0.1, 0.15) is 44.1 Å². The highest BCUT2D eigenvalue weighted by Crippen LogP contribution is 2.17. The molecule has 0 unspecified atom stereocenters. The molecule has 1 aromatic heterocycles. The summed E-state index contributed by atoms with van der Waals surface area (Å²) in [4.78, 5) is 16.9. The number of hydrogen-bond acceptors (Lipinski definition) is 2. The molecule has 5 heteroatoms. The first-order valence-corrected chi connectivity index (χ1v) is 8.79. The van der Waals surface area contributed by atoms with E-state index in [0.717, 1.165) is 23.7 Å². The van der Waals surface area contributed by atoms with Crippen molar-refractivity contribution in [3.63, 3.8) is 0 Å². The summed E-state index contributed by atoms with van der Waals surface area (Å²) < 4.78 is 1.68. The van der Waals surface area contributed by atoms with Gasteiger partial charge in [-0.1, -0.05) is 43.9 Å². The van der Waals surface area contributed by atoms with Crippen molar-refractivity contribution in [2.75, 3.05) is 0 Å². The molecule has 0 amide bonds. The van der Waals surface area contributed by atoms with Crippen molar-refractivity contribution in [1.82, 2.24) is 9.88 Å². The molecule has 0 spiro atoms. The number of rotatable bonds is 3. The van der Waals surface area contributed by atoms with Crippen LogP contribution in [0.25, 0.3) is 10.9 Å². The monoisotopic (exact) mass is 326 g/mol.